The number of esters is 1. The van der Waals surface area contributed by atoms with E-state index in [2.05, 4.69) is 26.1 Å². The van der Waals surface area contributed by atoms with E-state index in [1.807, 2.05) is 0 Å². The number of unbranched alkanes of at least 4 members (excludes halogenated alkanes) is 13. The monoisotopic (exact) mass is 511 g/mol. The summed E-state index contributed by atoms with van der Waals surface area (Å²) in [4.78, 5) is 12.4. The van der Waals surface area contributed by atoms with Crippen molar-refractivity contribution >= 4 is 5.97 Å². The summed E-state index contributed by atoms with van der Waals surface area (Å²) in [6.45, 7) is 8.58. The molecule has 0 aliphatic carbocycles. The lowest BCUT2D eigenvalue weighted by molar-refractivity contribution is -0.145. The second kappa shape index (κ2) is 29.0. The van der Waals surface area contributed by atoms with Gasteiger partial charge in [0.2, 0.25) is 0 Å². The van der Waals surface area contributed by atoms with Gasteiger partial charge in [0.1, 0.15) is 0 Å². The molecule has 2 N–H and O–H groups in total. The van der Waals surface area contributed by atoms with Crippen molar-refractivity contribution in [3.63, 3.8) is 0 Å². The molecule has 0 fully saturated rings. The minimum absolute atomic E-state index is 0.00805. The first-order chi connectivity index (χ1) is 17.7. The molecule has 2 unspecified atom stereocenters. The summed E-state index contributed by atoms with van der Waals surface area (Å²) in [5.41, 5.74) is 0. The van der Waals surface area contributed by atoms with Crippen LogP contribution < -0.4 is 5.32 Å². The van der Waals surface area contributed by atoms with E-state index in [-0.39, 0.29) is 12.6 Å². The standard InChI is InChI=1S/C32H65NO3/c1-4-7-10-13-14-17-23-30(22-16-11-8-5-2)29-36-32(35)26-20-15-19-25-31(33-27-21-28-34)24-18-12-9-6-3/h30-31,33-34H,4-29H2,1-3H3. The zero-order valence-corrected chi connectivity index (χ0v) is 24.8. The van der Waals surface area contributed by atoms with Crippen LogP contribution in [0.15, 0.2) is 0 Å². The van der Waals surface area contributed by atoms with Crippen molar-refractivity contribution in [2.24, 2.45) is 5.92 Å². The molecule has 0 aliphatic heterocycles. The molecule has 36 heavy (non-hydrogen) atoms. The molecule has 0 radical (unpaired) electrons. The van der Waals surface area contributed by atoms with Crippen LogP contribution in [-0.4, -0.2) is 36.9 Å². The highest BCUT2D eigenvalue weighted by Gasteiger charge is 2.13. The van der Waals surface area contributed by atoms with E-state index in [0.717, 1.165) is 32.2 Å². The number of hydrogen-bond donors (Lipinski definition) is 2. The predicted molar refractivity (Wildman–Crippen MR) is 157 cm³/mol. The average Bonchev–Trinajstić information content (AvgIpc) is 2.88. The Bertz CT molecular complexity index is 443. The molecule has 2 atom stereocenters. The Hall–Kier alpha value is -0.610. The third kappa shape index (κ3) is 25.1. The zero-order valence-electron chi connectivity index (χ0n) is 24.8. The Labute approximate surface area is 226 Å². The van der Waals surface area contributed by atoms with E-state index in [0.29, 0.717) is 25.0 Å². The first-order valence-electron chi connectivity index (χ1n) is 16.2. The van der Waals surface area contributed by atoms with Gasteiger partial charge in [-0.3, -0.25) is 4.79 Å². The molecule has 0 spiro atoms. The highest BCUT2D eigenvalue weighted by molar-refractivity contribution is 5.69. The van der Waals surface area contributed by atoms with E-state index in [1.165, 1.54) is 116 Å². The van der Waals surface area contributed by atoms with Gasteiger partial charge in [-0.2, -0.15) is 0 Å². The second-order valence-corrected chi connectivity index (χ2v) is 11.1. The number of aliphatic hydroxyl groups is 1. The Kier molecular flexibility index (Phi) is 28.5. The van der Waals surface area contributed by atoms with Crippen LogP contribution in [0, 0.1) is 5.92 Å². The number of carbonyl (C=O) groups is 1. The lowest BCUT2D eigenvalue weighted by atomic mass is 9.95. The Morgan fingerprint density at radius 3 is 1.67 bits per heavy atom. The maximum atomic E-state index is 12.4. The van der Waals surface area contributed by atoms with Crippen LogP contribution in [0.25, 0.3) is 0 Å². The van der Waals surface area contributed by atoms with Crippen molar-refractivity contribution < 1.29 is 14.6 Å². The van der Waals surface area contributed by atoms with E-state index in [1.54, 1.807) is 0 Å². The SMILES string of the molecule is CCCCCCCCC(CCCCCC)COC(=O)CCCCCC(CCCCCC)NCCCO. The molecule has 0 amide bonds. The van der Waals surface area contributed by atoms with Crippen LogP contribution in [0.5, 0.6) is 0 Å². The van der Waals surface area contributed by atoms with E-state index >= 15 is 0 Å². The minimum atomic E-state index is 0.00805. The van der Waals surface area contributed by atoms with Crippen LogP contribution >= 0.6 is 0 Å². The van der Waals surface area contributed by atoms with Crippen LogP contribution in [0.3, 0.4) is 0 Å². The van der Waals surface area contributed by atoms with E-state index in [9.17, 15) is 4.79 Å². The topological polar surface area (TPSA) is 58.6 Å². The Morgan fingerprint density at radius 2 is 1.11 bits per heavy atom. The fourth-order valence-electron chi connectivity index (χ4n) is 5.06. The third-order valence-corrected chi connectivity index (χ3v) is 7.52. The fraction of sp³-hybridized carbons (Fsp3) is 0.969. The molecule has 0 rings (SSSR count). The van der Waals surface area contributed by atoms with Gasteiger partial charge in [0.25, 0.3) is 0 Å². The number of ether oxygens (including phenoxy) is 1. The summed E-state index contributed by atoms with van der Waals surface area (Å²) in [6.07, 6.45) is 27.8. The largest absolute Gasteiger partial charge is 0.465 e. The quantitative estimate of drug-likeness (QED) is 0.0776. The zero-order chi connectivity index (χ0) is 26.5. The van der Waals surface area contributed by atoms with Crippen LogP contribution in [0.4, 0.5) is 0 Å². The average molecular weight is 512 g/mol. The van der Waals surface area contributed by atoms with E-state index < -0.39 is 0 Å². The highest BCUT2D eigenvalue weighted by atomic mass is 16.5. The summed E-state index contributed by atoms with van der Waals surface area (Å²) in [5, 5.41) is 12.7. The molecule has 0 aliphatic rings. The van der Waals surface area contributed by atoms with Crippen molar-refractivity contribution in [3.8, 4) is 0 Å². The van der Waals surface area contributed by atoms with Gasteiger partial charge >= 0.3 is 5.97 Å². The molecule has 216 valence electrons. The van der Waals surface area contributed by atoms with Gasteiger partial charge in [-0.1, -0.05) is 124 Å². The van der Waals surface area contributed by atoms with Gasteiger partial charge in [0.15, 0.2) is 0 Å². The first-order valence-corrected chi connectivity index (χ1v) is 16.2. The number of carbonyl (C=O) groups excluding carboxylic acids is 1. The van der Waals surface area contributed by atoms with Crippen LogP contribution in [-0.2, 0) is 9.53 Å². The molecule has 0 aromatic carbocycles. The lowest BCUT2D eigenvalue weighted by Gasteiger charge is -2.19. The molecule has 0 heterocycles. The summed E-state index contributed by atoms with van der Waals surface area (Å²) in [7, 11) is 0. The van der Waals surface area contributed by atoms with Gasteiger partial charge < -0.3 is 15.2 Å². The van der Waals surface area contributed by atoms with Crippen LogP contribution in [0.1, 0.15) is 168 Å². The first kappa shape index (κ1) is 35.4. The normalized spacial score (nSPS) is 13.1. The third-order valence-electron chi connectivity index (χ3n) is 7.52. The van der Waals surface area contributed by atoms with Crippen molar-refractivity contribution in [1.82, 2.24) is 5.32 Å². The van der Waals surface area contributed by atoms with Gasteiger partial charge in [-0.25, -0.2) is 0 Å². The minimum Gasteiger partial charge on any atom is -0.465 e. The van der Waals surface area contributed by atoms with Crippen molar-refractivity contribution in [1.29, 1.82) is 0 Å². The number of hydrogen-bond acceptors (Lipinski definition) is 4. The summed E-state index contributed by atoms with van der Waals surface area (Å²) >= 11 is 0. The molecular formula is C32H65NO3. The maximum absolute atomic E-state index is 12.4. The van der Waals surface area contributed by atoms with Gasteiger partial charge in [-0.15, -0.1) is 0 Å². The number of rotatable bonds is 29. The van der Waals surface area contributed by atoms with Crippen molar-refractivity contribution in [2.45, 2.75) is 174 Å². The fourth-order valence-corrected chi connectivity index (χ4v) is 5.06. The molecule has 4 nitrogen and oxygen atoms in total. The van der Waals surface area contributed by atoms with Crippen molar-refractivity contribution in [2.75, 3.05) is 19.8 Å². The molecular weight excluding hydrogens is 446 g/mol. The second-order valence-electron chi connectivity index (χ2n) is 11.1. The summed E-state index contributed by atoms with van der Waals surface area (Å²) in [6, 6.07) is 0.552. The summed E-state index contributed by atoms with van der Waals surface area (Å²) in [5.74, 6) is 0.559. The molecule has 0 aromatic heterocycles. The maximum Gasteiger partial charge on any atom is 0.305 e. The van der Waals surface area contributed by atoms with Crippen LogP contribution in [0.2, 0.25) is 0 Å². The molecule has 0 bridgehead atoms. The molecule has 4 heteroatoms. The van der Waals surface area contributed by atoms with Gasteiger partial charge in [0.05, 0.1) is 6.61 Å². The molecule has 0 saturated heterocycles. The molecule has 0 aromatic rings. The summed E-state index contributed by atoms with van der Waals surface area (Å²) < 4.78 is 5.75. The van der Waals surface area contributed by atoms with E-state index in [4.69, 9.17) is 9.84 Å². The predicted octanol–water partition coefficient (Wildman–Crippen LogP) is 9.13. The van der Waals surface area contributed by atoms with Gasteiger partial charge in [0, 0.05) is 19.1 Å². The molecule has 0 saturated carbocycles. The highest BCUT2D eigenvalue weighted by Crippen LogP contribution is 2.20. The number of aliphatic hydroxyl groups excluding tert-OH is 1. The Morgan fingerprint density at radius 1 is 0.639 bits per heavy atom. The number of nitrogens with one attached hydrogen (secondary N) is 1. The van der Waals surface area contributed by atoms with Gasteiger partial charge in [-0.05, 0) is 51.0 Å². The smallest absolute Gasteiger partial charge is 0.305 e. The van der Waals surface area contributed by atoms with Crippen molar-refractivity contribution in [3.05, 3.63) is 0 Å². The Balaban J connectivity index is 4.12. The lowest BCUT2D eigenvalue weighted by Crippen LogP contribution is -2.30.